The van der Waals surface area contributed by atoms with Gasteiger partial charge in [-0.3, -0.25) is 4.79 Å². The van der Waals surface area contributed by atoms with Crippen molar-refractivity contribution >= 4 is 28.9 Å². The average Bonchev–Trinajstić information content (AvgIpc) is 2.30. The number of carbonyl (C=O) groups excluding carboxylic acids is 1. The molecule has 0 fully saturated rings. The monoisotopic (exact) mass is 173 g/mol. The zero-order valence-corrected chi connectivity index (χ0v) is 6.31. The van der Waals surface area contributed by atoms with E-state index < -0.39 is 5.92 Å². The van der Waals surface area contributed by atoms with Crippen molar-refractivity contribution in [1.29, 1.82) is 0 Å². The van der Waals surface area contributed by atoms with E-state index in [4.69, 9.17) is 23.8 Å². The van der Waals surface area contributed by atoms with Gasteiger partial charge >= 0.3 is 0 Å². The molecular formula is C4H7N5OS. The maximum atomic E-state index is 10.9. The fourth-order valence-corrected chi connectivity index (χ4v) is 0.948. The minimum atomic E-state index is -0.713. The van der Waals surface area contributed by atoms with E-state index in [2.05, 4.69) is 16.0 Å². The SMILES string of the molecule is NNC(=S)C1C(=O)NN=C1N. The van der Waals surface area contributed by atoms with Gasteiger partial charge in [0.1, 0.15) is 10.8 Å². The first-order chi connectivity index (χ1) is 5.16. The van der Waals surface area contributed by atoms with Crippen LogP contribution in [-0.2, 0) is 4.79 Å². The third kappa shape index (κ3) is 1.28. The van der Waals surface area contributed by atoms with Gasteiger partial charge in [-0.25, -0.2) is 11.3 Å². The first-order valence-corrected chi connectivity index (χ1v) is 3.21. The molecule has 60 valence electrons. The number of nitrogens with one attached hydrogen (secondary N) is 2. The molecule has 6 N–H and O–H groups in total. The first kappa shape index (κ1) is 7.89. The van der Waals surface area contributed by atoms with Crippen LogP contribution < -0.4 is 22.4 Å². The van der Waals surface area contributed by atoms with Gasteiger partial charge in [0, 0.05) is 0 Å². The summed E-state index contributed by atoms with van der Waals surface area (Å²) in [5, 5.41) is 3.48. The van der Waals surface area contributed by atoms with E-state index >= 15 is 0 Å². The highest BCUT2D eigenvalue weighted by atomic mass is 32.1. The van der Waals surface area contributed by atoms with Gasteiger partial charge in [0.2, 0.25) is 0 Å². The van der Waals surface area contributed by atoms with E-state index in [9.17, 15) is 4.79 Å². The molecule has 1 atom stereocenters. The van der Waals surface area contributed by atoms with Gasteiger partial charge < -0.3 is 11.2 Å². The average molecular weight is 173 g/mol. The van der Waals surface area contributed by atoms with Crippen molar-refractivity contribution in [2.75, 3.05) is 0 Å². The van der Waals surface area contributed by atoms with Crippen LogP contribution in [0.25, 0.3) is 0 Å². The Kier molecular flexibility index (Phi) is 2.01. The highest BCUT2D eigenvalue weighted by Gasteiger charge is 2.31. The minimum Gasteiger partial charge on any atom is -0.385 e. The number of hydrazone groups is 1. The summed E-state index contributed by atoms with van der Waals surface area (Å²) in [4.78, 5) is 11.1. The molecule has 1 amide bonds. The molecule has 0 aromatic rings. The van der Waals surface area contributed by atoms with E-state index in [-0.39, 0.29) is 16.7 Å². The Morgan fingerprint density at radius 2 is 2.45 bits per heavy atom. The number of hydrogen-bond acceptors (Lipinski definition) is 5. The number of nitrogens with two attached hydrogens (primary N) is 2. The topological polar surface area (TPSA) is 106 Å². The quantitative estimate of drug-likeness (QED) is 0.204. The van der Waals surface area contributed by atoms with E-state index in [0.29, 0.717) is 0 Å². The van der Waals surface area contributed by atoms with Crippen LogP contribution in [0.3, 0.4) is 0 Å². The zero-order valence-electron chi connectivity index (χ0n) is 5.50. The standard InChI is InChI=1S/C4H7N5OS/c5-2-1(4(11)7-6)3(10)9-8-2/h1H,6H2,(H2,5,8)(H,7,11)(H,9,10). The number of amides is 1. The number of hydrazine groups is 1. The van der Waals surface area contributed by atoms with Crippen molar-refractivity contribution in [3.8, 4) is 0 Å². The summed E-state index contributed by atoms with van der Waals surface area (Å²) >= 11 is 4.71. The number of amidine groups is 1. The van der Waals surface area contributed by atoms with Gasteiger partial charge in [-0.15, -0.1) is 0 Å². The molecule has 0 aliphatic carbocycles. The summed E-state index contributed by atoms with van der Waals surface area (Å²) < 4.78 is 0. The van der Waals surface area contributed by atoms with Crippen molar-refractivity contribution in [2.45, 2.75) is 0 Å². The van der Waals surface area contributed by atoms with Crippen molar-refractivity contribution in [1.82, 2.24) is 10.9 Å². The summed E-state index contributed by atoms with van der Waals surface area (Å²) in [6.07, 6.45) is 0. The molecule has 0 saturated carbocycles. The largest absolute Gasteiger partial charge is 0.385 e. The normalized spacial score (nSPS) is 22.5. The Labute approximate surface area is 68.0 Å². The van der Waals surface area contributed by atoms with Crippen LogP contribution in [0, 0.1) is 5.92 Å². The Bertz CT molecular complexity index is 237. The molecule has 7 heteroatoms. The predicted molar refractivity (Wildman–Crippen MR) is 43.2 cm³/mol. The summed E-state index contributed by atoms with van der Waals surface area (Å²) in [6.45, 7) is 0. The summed E-state index contributed by atoms with van der Waals surface area (Å²) in [5.74, 6) is 4.06. The number of rotatable bonds is 1. The number of hydrogen-bond donors (Lipinski definition) is 4. The molecule has 0 saturated heterocycles. The molecule has 1 heterocycles. The second kappa shape index (κ2) is 2.81. The van der Waals surface area contributed by atoms with Gasteiger partial charge in [0.15, 0.2) is 5.92 Å². The van der Waals surface area contributed by atoms with Crippen molar-refractivity contribution in [2.24, 2.45) is 22.6 Å². The number of thiocarbonyl (C=S) groups is 1. The fraction of sp³-hybridized carbons (Fsp3) is 0.250. The van der Waals surface area contributed by atoms with Gasteiger partial charge in [0.25, 0.3) is 5.91 Å². The molecule has 1 unspecified atom stereocenters. The number of nitrogens with zero attached hydrogens (tertiary/aromatic N) is 1. The Hall–Kier alpha value is -1.21. The molecule has 1 aliphatic heterocycles. The van der Waals surface area contributed by atoms with Crippen LogP contribution in [-0.4, -0.2) is 16.7 Å². The molecule has 0 radical (unpaired) electrons. The molecule has 11 heavy (non-hydrogen) atoms. The third-order valence-electron chi connectivity index (χ3n) is 1.26. The Balaban J connectivity index is 2.78. The van der Waals surface area contributed by atoms with E-state index in [1.54, 1.807) is 0 Å². The Morgan fingerprint density at radius 1 is 1.82 bits per heavy atom. The van der Waals surface area contributed by atoms with Crippen LogP contribution >= 0.6 is 12.2 Å². The second-order valence-electron chi connectivity index (χ2n) is 1.95. The molecule has 6 nitrogen and oxygen atoms in total. The van der Waals surface area contributed by atoms with Gasteiger partial charge in [-0.1, -0.05) is 12.2 Å². The molecule has 1 rings (SSSR count). The molecular weight excluding hydrogens is 166 g/mol. The zero-order chi connectivity index (χ0) is 8.43. The Morgan fingerprint density at radius 3 is 2.82 bits per heavy atom. The smallest absolute Gasteiger partial charge is 0.257 e. The fourth-order valence-electron chi connectivity index (χ4n) is 0.720. The molecule has 0 bridgehead atoms. The lowest BCUT2D eigenvalue weighted by Gasteiger charge is -2.06. The van der Waals surface area contributed by atoms with Crippen LogP contribution in [0.5, 0.6) is 0 Å². The van der Waals surface area contributed by atoms with Crippen LogP contribution in [0.1, 0.15) is 0 Å². The highest BCUT2D eigenvalue weighted by Crippen LogP contribution is 2.03. The van der Waals surface area contributed by atoms with Crippen molar-refractivity contribution in [3.05, 3.63) is 0 Å². The van der Waals surface area contributed by atoms with Gasteiger partial charge in [-0.05, 0) is 0 Å². The molecule has 0 spiro atoms. The van der Waals surface area contributed by atoms with Crippen molar-refractivity contribution < 1.29 is 4.79 Å². The summed E-state index contributed by atoms with van der Waals surface area (Å²) in [6, 6.07) is 0. The van der Waals surface area contributed by atoms with Crippen LogP contribution in [0.4, 0.5) is 0 Å². The van der Waals surface area contributed by atoms with E-state index in [0.717, 1.165) is 0 Å². The van der Waals surface area contributed by atoms with E-state index in [1.165, 1.54) is 0 Å². The molecule has 1 aliphatic rings. The second-order valence-corrected chi connectivity index (χ2v) is 2.39. The van der Waals surface area contributed by atoms with Gasteiger partial charge in [0.05, 0.1) is 0 Å². The maximum absolute atomic E-state index is 10.9. The lowest BCUT2D eigenvalue weighted by atomic mass is 10.1. The third-order valence-corrected chi connectivity index (χ3v) is 1.61. The number of carbonyl (C=O) groups is 1. The van der Waals surface area contributed by atoms with Crippen molar-refractivity contribution in [3.63, 3.8) is 0 Å². The summed E-state index contributed by atoms with van der Waals surface area (Å²) in [7, 11) is 0. The molecule has 0 aromatic heterocycles. The predicted octanol–water partition coefficient (Wildman–Crippen LogP) is -2.20. The summed E-state index contributed by atoms with van der Waals surface area (Å²) in [5.41, 5.74) is 9.68. The van der Waals surface area contributed by atoms with Gasteiger partial charge in [-0.2, -0.15) is 5.10 Å². The van der Waals surface area contributed by atoms with Crippen LogP contribution in [0.15, 0.2) is 5.10 Å². The van der Waals surface area contributed by atoms with Crippen LogP contribution in [0.2, 0.25) is 0 Å². The molecule has 0 aromatic carbocycles. The lowest BCUT2D eigenvalue weighted by Crippen LogP contribution is -2.43. The lowest BCUT2D eigenvalue weighted by molar-refractivity contribution is -0.120. The highest BCUT2D eigenvalue weighted by molar-refractivity contribution is 7.80. The first-order valence-electron chi connectivity index (χ1n) is 2.80. The maximum Gasteiger partial charge on any atom is 0.257 e. The van der Waals surface area contributed by atoms with E-state index in [1.807, 2.05) is 0 Å². The minimum absolute atomic E-state index is 0.137.